The average molecular weight is 226 g/mol. The van der Waals surface area contributed by atoms with E-state index in [2.05, 4.69) is 31.1 Å². The lowest BCUT2D eigenvalue weighted by Crippen LogP contribution is -2.48. The zero-order chi connectivity index (χ0) is 11.8. The third-order valence-corrected chi connectivity index (χ3v) is 4.56. The molecule has 3 nitrogen and oxygen atoms in total. The molecule has 0 aromatic rings. The number of β-amino-alcohol motifs (C(OH)–C–C–N with tert-alkyl or cyclic N) is 1. The Morgan fingerprint density at radius 3 is 2.31 bits per heavy atom. The molecule has 16 heavy (non-hydrogen) atoms. The van der Waals surface area contributed by atoms with Gasteiger partial charge in [-0.1, -0.05) is 13.8 Å². The van der Waals surface area contributed by atoms with Gasteiger partial charge in [-0.2, -0.15) is 0 Å². The zero-order valence-corrected chi connectivity index (χ0v) is 10.9. The fourth-order valence-corrected chi connectivity index (χ4v) is 3.13. The average Bonchev–Trinajstić information content (AvgIpc) is 2.63. The van der Waals surface area contributed by atoms with Gasteiger partial charge in [-0.25, -0.2) is 0 Å². The molecule has 2 rings (SSSR count). The van der Waals surface area contributed by atoms with Gasteiger partial charge >= 0.3 is 0 Å². The monoisotopic (exact) mass is 226 g/mol. The second-order valence-corrected chi connectivity index (χ2v) is 6.35. The summed E-state index contributed by atoms with van der Waals surface area (Å²) in [5, 5.41) is 13.2. The van der Waals surface area contributed by atoms with Crippen LogP contribution in [0.25, 0.3) is 0 Å². The van der Waals surface area contributed by atoms with Crippen LogP contribution in [0.5, 0.6) is 0 Å². The first-order valence-electron chi connectivity index (χ1n) is 6.60. The highest BCUT2D eigenvalue weighted by Gasteiger charge is 2.35. The Bertz CT molecular complexity index is 232. The second-order valence-electron chi connectivity index (χ2n) is 6.35. The van der Waals surface area contributed by atoms with E-state index in [0.717, 1.165) is 13.1 Å². The minimum Gasteiger partial charge on any atom is -0.390 e. The molecule has 2 atom stereocenters. The van der Waals surface area contributed by atoms with Crippen molar-refractivity contribution in [2.75, 3.05) is 20.1 Å². The van der Waals surface area contributed by atoms with E-state index in [0.29, 0.717) is 17.5 Å². The number of nitrogens with one attached hydrogen (secondary N) is 1. The summed E-state index contributed by atoms with van der Waals surface area (Å²) in [5.74, 6) is 0. The summed E-state index contributed by atoms with van der Waals surface area (Å²) >= 11 is 0. The van der Waals surface area contributed by atoms with Gasteiger partial charge in [-0.15, -0.1) is 0 Å². The van der Waals surface area contributed by atoms with Crippen LogP contribution in [-0.4, -0.2) is 48.3 Å². The van der Waals surface area contributed by atoms with Crippen molar-refractivity contribution in [3.63, 3.8) is 0 Å². The van der Waals surface area contributed by atoms with E-state index >= 15 is 0 Å². The minimum absolute atomic E-state index is 0.181. The molecule has 1 saturated heterocycles. The molecule has 2 N–H and O–H groups in total. The number of hydrogen-bond donors (Lipinski definition) is 2. The van der Waals surface area contributed by atoms with Crippen LogP contribution in [0, 0.1) is 5.41 Å². The van der Waals surface area contributed by atoms with Crippen LogP contribution in [0.3, 0.4) is 0 Å². The maximum Gasteiger partial charge on any atom is 0.0831 e. The van der Waals surface area contributed by atoms with Crippen molar-refractivity contribution in [3.8, 4) is 0 Å². The number of aliphatic hydroxyl groups is 1. The first-order chi connectivity index (χ1) is 7.49. The van der Waals surface area contributed by atoms with Crippen LogP contribution in [0.2, 0.25) is 0 Å². The van der Waals surface area contributed by atoms with Crippen molar-refractivity contribution in [1.29, 1.82) is 0 Å². The van der Waals surface area contributed by atoms with Crippen molar-refractivity contribution in [2.24, 2.45) is 5.41 Å². The Hall–Kier alpha value is -0.120. The van der Waals surface area contributed by atoms with Gasteiger partial charge in [0.05, 0.1) is 6.10 Å². The molecule has 1 aliphatic carbocycles. The molecule has 0 bridgehead atoms. The zero-order valence-electron chi connectivity index (χ0n) is 10.9. The third-order valence-electron chi connectivity index (χ3n) is 4.56. The first-order valence-corrected chi connectivity index (χ1v) is 6.60. The molecule has 2 unspecified atom stereocenters. The summed E-state index contributed by atoms with van der Waals surface area (Å²) in [6.45, 7) is 6.44. The van der Waals surface area contributed by atoms with E-state index in [-0.39, 0.29) is 6.10 Å². The molecule has 0 radical (unpaired) electrons. The number of likely N-dealkylation sites (N-methyl/N-ethyl adjacent to an activating group) is 1. The smallest absolute Gasteiger partial charge is 0.0831 e. The summed E-state index contributed by atoms with van der Waals surface area (Å²) in [4.78, 5) is 2.42. The van der Waals surface area contributed by atoms with Crippen molar-refractivity contribution in [2.45, 2.75) is 57.7 Å². The van der Waals surface area contributed by atoms with E-state index in [9.17, 15) is 5.11 Å². The first kappa shape index (κ1) is 12.3. The van der Waals surface area contributed by atoms with E-state index in [1.165, 1.54) is 25.7 Å². The van der Waals surface area contributed by atoms with Crippen LogP contribution in [0.1, 0.15) is 39.5 Å². The molecule has 2 aliphatic rings. The van der Waals surface area contributed by atoms with Gasteiger partial charge in [0.2, 0.25) is 0 Å². The molecule has 1 heterocycles. The molecule has 94 valence electrons. The number of hydrogen-bond acceptors (Lipinski definition) is 3. The summed E-state index contributed by atoms with van der Waals surface area (Å²) in [6.07, 6.45) is 5.02. The van der Waals surface area contributed by atoms with Crippen LogP contribution in [0.4, 0.5) is 0 Å². The maximum absolute atomic E-state index is 9.89. The quantitative estimate of drug-likeness (QED) is 0.743. The molecular formula is C13H26N2O. The molecular weight excluding hydrogens is 200 g/mol. The highest BCUT2D eigenvalue weighted by atomic mass is 16.3. The van der Waals surface area contributed by atoms with Gasteiger partial charge < -0.3 is 10.4 Å². The van der Waals surface area contributed by atoms with E-state index in [1.807, 2.05) is 0 Å². The van der Waals surface area contributed by atoms with Crippen LogP contribution in [-0.2, 0) is 0 Å². The van der Waals surface area contributed by atoms with Gasteiger partial charge in [0.25, 0.3) is 0 Å². The molecule has 1 aliphatic heterocycles. The lowest BCUT2D eigenvalue weighted by molar-refractivity contribution is 0.0446. The number of rotatable bonds is 2. The topological polar surface area (TPSA) is 35.5 Å². The molecule has 2 fully saturated rings. The highest BCUT2D eigenvalue weighted by molar-refractivity contribution is 4.92. The Labute approximate surface area is 99.2 Å². The molecule has 0 aromatic heterocycles. The van der Waals surface area contributed by atoms with Gasteiger partial charge in [-0.05, 0) is 38.1 Å². The standard InChI is InChI=1S/C13H26N2O/c1-13(2)6-4-10(5-7-13)15(3)11-8-14-9-12(11)16/h10-12,14,16H,4-9H2,1-3H3. The van der Waals surface area contributed by atoms with Crippen molar-refractivity contribution >= 4 is 0 Å². The van der Waals surface area contributed by atoms with E-state index in [4.69, 9.17) is 0 Å². The molecule has 3 heteroatoms. The molecule has 1 saturated carbocycles. The van der Waals surface area contributed by atoms with Gasteiger partial charge in [-0.3, -0.25) is 4.90 Å². The molecule has 0 amide bonds. The fourth-order valence-electron chi connectivity index (χ4n) is 3.13. The normalized spacial score (nSPS) is 35.8. The highest BCUT2D eigenvalue weighted by Crippen LogP contribution is 2.37. The molecule has 0 spiro atoms. The van der Waals surface area contributed by atoms with Crippen molar-refractivity contribution in [3.05, 3.63) is 0 Å². The number of aliphatic hydroxyl groups excluding tert-OH is 1. The minimum atomic E-state index is -0.181. The van der Waals surface area contributed by atoms with E-state index < -0.39 is 0 Å². The summed E-state index contributed by atoms with van der Waals surface area (Å²) in [6, 6.07) is 0.999. The van der Waals surface area contributed by atoms with Gasteiger partial charge in [0.1, 0.15) is 0 Å². The second kappa shape index (κ2) is 4.63. The fraction of sp³-hybridized carbons (Fsp3) is 1.00. The maximum atomic E-state index is 9.89. The SMILES string of the molecule is CN(C1CCC(C)(C)CC1)C1CNCC1O. The Morgan fingerprint density at radius 1 is 1.19 bits per heavy atom. The summed E-state index contributed by atoms with van der Waals surface area (Å²) in [5.41, 5.74) is 0.532. The van der Waals surface area contributed by atoms with Crippen LogP contribution < -0.4 is 5.32 Å². The molecule has 0 aromatic carbocycles. The largest absolute Gasteiger partial charge is 0.390 e. The van der Waals surface area contributed by atoms with Crippen molar-refractivity contribution in [1.82, 2.24) is 10.2 Å². The Balaban J connectivity index is 1.88. The lowest BCUT2D eigenvalue weighted by Gasteiger charge is -2.41. The van der Waals surface area contributed by atoms with Gasteiger partial charge in [0, 0.05) is 25.2 Å². The van der Waals surface area contributed by atoms with Gasteiger partial charge in [0.15, 0.2) is 0 Å². The lowest BCUT2D eigenvalue weighted by atomic mass is 9.75. The predicted molar refractivity (Wildman–Crippen MR) is 66.5 cm³/mol. The third kappa shape index (κ3) is 2.58. The Morgan fingerprint density at radius 2 is 1.81 bits per heavy atom. The van der Waals surface area contributed by atoms with Crippen LogP contribution in [0.15, 0.2) is 0 Å². The Kier molecular flexibility index (Phi) is 3.57. The number of nitrogens with zero attached hydrogens (tertiary/aromatic N) is 1. The predicted octanol–water partition coefficient (Wildman–Crippen LogP) is 1.22. The van der Waals surface area contributed by atoms with Crippen LogP contribution >= 0.6 is 0 Å². The van der Waals surface area contributed by atoms with E-state index in [1.54, 1.807) is 0 Å². The summed E-state index contributed by atoms with van der Waals surface area (Å²) in [7, 11) is 2.18. The summed E-state index contributed by atoms with van der Waals surface area (Å²) < 4.78 is 0. The van der Waals surface area contributed by atoms with Crippen molar-refractivity contribution < 1.29 is 5.11 Å².